The van der Waals surface area contributed by atoms with E-state index >= 15 is 0 Å². The third-order valence-electron chi connectivity index (χ3n) is 4.00. The molecule has 0 aliphatic heterocycles. The molecule has 1 aliphatic carbocycles. The number of thioether (sulfide) groups is 1. The summed E-state index contributed by atoms with van der Waals surface area (Å²) in [5, 5.41) is 3.08. The number of benzene rings is 1. The molecule has 0 spiro atoms. The number of halogens is 1. The summed E-state index contributed by atoms with van der Waals surface area (Å²) in [5.74, 6) is -0.0526. The zero-order chi connectivity index (χ0) is 14.6. The Morgan fingerprint density at radius 3 is 2.75 bits per heavy atom. The molecule has 0 heterocycles. The molecule has 5 heteroatoms. The van der Waals surface area contributed by atoms with Crippen LogP contribution in [0, 0.1) is 0 Å². The van der Waals surface area contributed by atoms with Crippen LogP contribution >= 0.6 is 27.7 Å². The predicted molar refractivity (Wildman–Crippen MR) is 90.2 cm³/mol. The van der Waals surface area contributed by atoms with E-state index in [2.05, 4.69) is 27.5 Å². The Balaban J connectivity index is 2.02. The second-order valence-corrected chi connectivity index (χ2v) is 7.50. The topological polar surface area (TPSA) is 55.1 Å². The molecule has 1 saturated carbocycles. The van der Waals surface area contributed by atoms with Crippen molar-refractivity contribution in [2.75, 3.05) is 18.5 Å². The molecule has 0 unspecified atom stereocenters. The number of nitrogens with two attached hydrogens (primary N) is 1. The standard InChI is InChI=1S/C15H21BrN2OS/c1-20-15(7-3-2-4-8-15)10-18-14(19)12-9-11(17)5-6-13(12)16/h5-6,9H,2-4,7-8,10,17H2,1H3,(H,18,19). The Bertz CT molecular complexity index is 487. The summed E-state index contributed by atoms with van der Waals surface area (Å²) in [6.07, 6.45) is 8.36. The lowest BCUT2D eigenvalue weighted by Gasteiger charge is -2.35. The summed E-state index contributed by atoms with van der Waals surface area (Å²) >= 11 is 5.29. The minimum atomic E-state index is -0.0526. The molecule has 1 aromatic carbocycles. The highest BCUT2D eigenvalue weighted by molar-refractivity contribution is 9.10. The maximum absolute atomic E-state index is 12.3. The van der Waals surface area contributed by atoms with Gasteiger partial charge in [-0.15, -0.1) is 0 Å². The van der Waals surface area contributed by atoms with Crippen LogP contribution in [0.25, 0.3) is 0 Å². The van der Waals surface area contributed by atoms with Crippen LogP contribution in [0.3, 0.4) is 0 Å². The second-order valence-electron chi connectivity index (χ2n) is 5.37. The molecule has 1 amide bonds. The van der Waals surface area contributed by atoms with Crippen LogP contribution < -0.4 is 11.1 Å². The molecule has 0 aromatic heterocycles. The fourth-order valence-corrected chi connectivity index (χ4v) is 4.04. The maximum atomic E-state index is 12.3. The summed E-state index contributed by atoms with van der Waals surface area (Å²) < 4.78 is 0.992. The Morgan fingerprint density at radius 2 is 2.10 bits per heavy atom. The number of carbonyl (C=O) groups excluding carboxylic acids is 1. The molecule has 0 atom stereocenters. The van der Waals surface area contributed by atoms with Gasteiger partial charge in [-0.1, -0.05) is 19.3 Å². The van der Waals surface area contributed by atoms with E-state index in [1.54, 1.807) is 12.1 Å². The van der Waals surface area contributed by atoms with E-state index in [-0.39, 0.29) is 10.7 Å². The molecule has 1 aromatic rings. The molecule has 20 heavy (non-hydrogen) atoms. The number of amides is 1. The van der Waals surface area contributed by atoms with Gasteiger partial charge in [0.2, 0.25) is 0 Å². The smallest absolute Gasteiger partial charge is 0.252 e. The largest absolute Gasteiger partial charge is 0.399 e. The number of nitrogen functional groups attached to an aromatic ring is 1. The summed E-state index contributed by atoms with van der Waals surface area (Å²) in [5.41, 5.74) is 6.97. The highest BCUT2D eigenvalue weighted by Crippen LogP contribution is 2.38. The van der Waals surface area contributed by atoms with Crippen molar-refractivity contribution < 1.29 is 4.79 Å². The summed E-state index contributed by atoms with van der Waals surface area (Å²) in [6.45, 7) is 0.730. The van der Waals surface area contributed by atoms with Crippen LogP contribution in [-0.4, -0.2) is 23.5 Å². The minimum absolute atomic E-state index is 0.0526. The van der Waals surface area contributed by atoms with Crippen LogP contribution in [0.2, 0.25) is 0 Å². The van der Waals surface area contributed by atoms with Gasteiger partial charge in [-0.3, -0.25) is 4.79 Å². The lowest BCUT2D eigenvalue weighted by atomic mass is 9.88. The average Bonchev–Trinajstić information content (AvgIpc) is 2.48. The van der Waals surface area contributed by atoms with Gasteiger partial charge in [0, 0.05) is 21.5 Å². The molecule has 3 N–H and O–H groups in total. The SMILES string of the molecule is CSC1(CNC(=O)c2cc(N)ccc2Br)CCCCC1. The van der Waals surface area contributed by atoms with Crippen molar-refractivity contribution in [3.8, 4) is 0 Å². The van der Waals surface area contributed by atoms with Crippen molar-refractivity contribution in [3.63, 3.8) is 0 Å². The first-order valence-electron chi connectivity index (χ1n) is 6.95. The fourth-order valence-electron chi connectivity index (χ4n) is 2.70. The van der Waals surface area contributed by atoms with Gasteiger partial charge >= 0.3 is 0 Å². The van der Waals surface area contributed by atoms with E-state index in [1.165, 1.54) is 32.1 Å². The van der Waals surface area contributed by atoms with Crippen LogP contribution in [0.5, 0.6) is 0 Å². The van der Waals surface area contributed by atoms with Crippen molar-refractivity contribution in [2.45, 2.75) is 36.9 Å². The van der Waals surface area contributed by atoms with E-state index in [4.69, 9.17) is 5.73 Å². The molecular weight excluding hydrogens is 336 g/mol. The lowest BCUT2D eigenvalue weighted by molar-refractivity contribution is 0.0946. The van der Waals surface area contributed by atoms with Crippen molar-refractivity contribution in [1.82, 2.24) is 5.32 Å². The monoisotopic (exact) mass is 356 g/mol. The Hall–Kier alpha value is -0.680. The van der Waals surface area contributed by atoms with E-state index in [0.717, 1.165) is 11.0 Å². The summed E-state index contributed by atoms with van der Waals surface area (Å²) in [7, 11) is 0. The van der Waals surface area contributed by atoms with E-state index < -0.39 is 0 Å². The molecule has 0 bridgehead atoms. The normalized spacial score (nSPS) is 17.7. The van der Waals surface area contributed by atoms with Crippen molar-refractivity contribution in [3.05, 3.63) is 28.2 Å². The molecule has 1 fully saturated rings. The fraction of sp³-hybridized carbons (Fsp3) is 0.533. The third kappa shape index (κ3) is 3.70. The Morgan fingerprint density at radius 1 is 1.40 bits per heavy atom. The highest BCUT2D eigenvalue weighted by Gasteiger charge is 2.31. The molecule has 0 saturated heterocycles. The van der Waals surface area contributed by atoms with Gasteiger partial charge in [0.25, 0.3) is 5.91 Å². The molecule has 1 aliphatic rings. The molecule has 110 valence electrons. The molecular formula is C15H21BrN2OS. The van der Waals surface area contributed by atoms with Gasteiger partial charge in [-0.2, -0.15) is 11.8 Å². The minimum Gasteiger partial charge on any atom is -0.399 e. The summed E-state index contributed by atoms with van der Waals surface area (Å²) in [6, 6.07) is 5.31. The van der Waals surface area contributed by atoms with Crippen molar-refractivity contribution in [2.24, 2.45) is 0 Å². The number of hydrogen-bond acceptors (Lipinski definition) is 3. The first-order valence-corrected chi connectivity index (χ1v) is 8.96. The van der Waals surface area contributed by atoms with Crippen LogP contribution in [0.1, 0.15) is 42.5 Å². The maximum Gasteiger partial charge on any atom is 0.252 e. The zero-order valence-electron chi connectivity index (χ0n) is 11.7. The second kappa shape index (κ2) is 6.85. The van der Waals surface area contributed by atoms with Crippen LogP contribution in [0.15, 0.2) is 22.7 Å². The third-order valence-corrected chi connectivity index (χ3v) is 6.11. The van der Waals surface area contributed by atoms with Gasteiger partial charge in [-0.05, 0) is 53.2 Å². The quantitative estimate of drug-likeness (QED) is 0.806. The molecule has 0 radical (unpaired) electrons. The van der Waals surface area contributed by atoms with Gasteiger partial charge < -0.3 is 11.1 Å². The molecule has 3 nitrogen and oxygen atoms in total. The van der Waals surface area contributed by atoms with E-state index in [0.29, 0.717) is 11.3 Å². The number of nitrogens with one attached hydrogen (secondary N) is 1. The average molecular weight is 357 g/mol. The first-order chi connectivity index (χ1) is 9.56. The van der Waals surface area contributed by atoms with Crippen molar-refractivity contribution in [1.29, 1.82) is 0 Å². The molecule has 2 rings (SSSR count). The Labute approximate surface area is 133 Å². The van der Waals surface area contributed by atoms with Crippen LogP contribution in [0.4, 0.5) is 5.69 Å². The highest BCUT2D eigenvalue weighted by atomic mass is 79.9. The first kappa shape index (κ1) is 15.7. The number of hydrogen-bond donors (Lipinski definition) is 2. The van der Waals surface area contributed by atoms with Gasteiger partial charge in [-0.25, -0.2) is 0 Å². The van der Waals surface area contributed by atoms with E-state index in [1.807, 2.05) is 17.8 Å². The number of rotatable bonds is 4. The number of carbonyl (C=O) groups is 1. The summed E-state index contributed by atoms with van der Waals surface area (Å²) in [4.78, 5) is 12.3. The lowest BCUT2D eigenvalue weighted by Crippen LogP contribution is -2.41. The Kier molecular flexibility index (Phi) is 5.38. The van der Waals surface area contributed by atoms with Crippen molar-refractivity contribution >= 4 is 39.3 Å². The van der Waals surface area contributed by atoms with Gasteiger partial charge in [0.05, 0.1) is 5.56 Å². The van der Waals surface area contributed by atoms with E-state index in [9.17, 15) is 4.79 Å². The van der Waals surface area contributed by atoms with Crippen LogP contribution in [-0.2, 0) is 0 Å². The van der Waals surface area contributed by atoms with Gasteiger partial charge in [0.1, 0.15) is 0 Å². The van der Waals surface area contributed by atoms with Gasteiger partial charge in [0.15, 0.2) is 0 Å². The number of anilines is 1. The predicted octanol–water partition coefficient (Wildman–Crippen LogP) is 3.83. The zero-order valence-corrected chi connectivity index (χ0v) is 14.1.